The molecule has 0 saturated carbocycles. The molecule has 4 heteroatoms. The van der Waals surface area contributed by atoms with Gasteiger partial charge in [-0.25, -0.2) is 8.78 Å². The van der Waals surface area contributed by atoms with Gasteiger partial charge in [0.05, 0.1) is 0 Å². The zero-order valence-electron chi connectivity index (χ0n) is 11.5. The third-order valence-electron chi connectivity index (χ3n) is 3.73. The van der Waals surface area contributed by atoms with Crippen molar-refractivity contribution in [3.05, 3.63) is 35.4 Å². The summed E-state index contributed by atoms with van der Waals surface area (Å²) >= 11 is 0. The summed E-state index contributed by atoms with van der Waals surface area (Å²) < 4.78 is 26.1. The van der Waals surface area contributed by atoms with Crippen molar-refractivity contribution in [1.29, 1.82) is 0 Å². The minimum atomic E-state index is -0.777. The van der Waals surface area contributed by atoms with Gasteiger partial charge >= 0.3 is 0 Å². The van der Waals surface area contributed by atoms with Crippen molar-refractivity contribution in [2.45, 2.75) is 38.8 Å². The number of halogens is 2. The van der Waals surface area contributed by atoms with Crippen LogP contribution >= 0.6 is 0 Å². The number of hydrogen-bond donors (Lipinski definition) is 1. The van der Waals surface area contributed by atoms with Crippen LogP contribution in [-0.2, 0) is 6.54 Å². The van der Waals surface area contributed by atoms with Crippen LogP contribution in [0.4, 0.5) is 8.78 Å². The molecule has 1 fully saturated rings. The zero-order chi connectivity index (χ0) is 13.7. The summed E-state index contributed by atoms with van der Waals surface area (Å²) in [6, 6.07) is 4.69. The second kappa shape index (κ2) is 6.96. The Morgan fingerprint density at radius 2 is 2.11 bits per heavy atom. The quantitative estimate of drug-likeness (QED) is 0.883. The van der Waals surface area contributed by atoms with Crippen molar-refractivity contribution in [1.82, 2.24) is 10.2 Å². The van der Waals surface area contributed by atoms with Crippen LogP contribution in [0.15, 0.2) is 18.2 Å². The summed E-state index contributed by atoms with van der Waals surface area (Å²) in [4.78, 5) is 2.27. The fourth-order valence-corrected chi connectivity index (χ4v) is 2.59. The van der Waals surface area contributed by atoms with Gasteiger partial charge in [-0.05, 0) is 43.6 Å². The van der Waals surface area contributed by atoms with Gasteiger partial charge in [0.2, 0.25) is 0 Å². The Kier molecular flexibility index (Phi) is 5.28. The Labute approximate surface area is 113 Å². The summed E-state index contributed by atoms with van der Waals surface area (Å²) in [6.07, 6.45) is 3.74. The second-order valence-electron chi connectivity index (χ2n) is 5.22. The third-order valence-corrected chi connectivity index (χ3v) is 3.73. The van der Waals surface area contributed by atoms with Crippen LogP contribution in [0.25, 0.3) is 0 Å². The highest BCUT2D eigenvalue weighted by Crippen LogP contribution is 2.13. The van der Waals surface area contributed by atoms with Gasteiger partial charge < -0.3 is 5.32 Å². The minimum absolute atomic E-state index is 0.527. The predicted octanol–water partition coefficient (Wildman–Crippen LogP) is 2.93. The molecule has 1 aliphatic rings. The molecule has 0 bridgehead atoms. The highest BCUT2D eigenvalue weighted by atomic mass is 19.2. The molecule has 19 heavy (non-hydrogen) atoms. The molecule has 0 spiro atoms. The Bertz CT molecular complexity index is 403. The Hall–Kier alpha value is -1.00. The van der Waals surface area contributed by atoms with E-state index in [1.54, 1.807) is 6.07 Å². The number of nitrogens with zero attached hydrogens (tertiary/aromatic N) is 1. The molecular weight excluding hydrogens is 246 g/mol. The molecule has 1 aromatic rings. The lowest BCUT2D eigenvalue weighted by Gasteiger charge is -2.30. The highest BCUT2D eigenvalue weighted by Gasteiger charge is 2.16. The molecule has 1 unspecified atom stereocenters. The first-order valence-electron chi connectivity index (χ1n) is 7.08. The molecule has 1 aliphatic heterocycles. The van der Waals surface area contributed by atoms with Crippen LogP contribution in [0.2, 0.25) is 0 Å². The van der Waals surface area contributed by atoms with Crippen molar-refractivity contribution >= 4 is 0 Å². The molecule has 1 heterocycles. The fraction of sp³-hybridized carbons (Fsp3) is 0.600. The molecule has 0 amide bonds. The Balaban J connectivity index is 1.92. The van der Waals surface area contributed by atoms with Crippen LogP contribution in [0.3, 0.4) is 0 Å². The summed E-state index contributed by atoms with van der Waals surface area (Å²) in [6.45, 7) is 5.74. The van der Waals surface area contributed by atoms with E-state index in [4.69, 9.17) is 0 Å². The average Bonchev–Trinajstić information content (AvgIpc) is 2.43. The molecule has 0 aliphatic carbocycles. The Morgan fingerprint density at radius 1 is 1.26 bits per heavy atom. The molecule has 2 rings (SSSR count). The van der Waals surface area contributed by atoms with E-state index in [0.717, 1.165) is 25.2 Å². The normalized spacial score (nSPS) is 19.9. The van der Waals surface area contributed by atoms with Gasteiger partial charge in [-0.15, -0.1) is 0 Å². The summed E-state index contributed by atoms with van der Waals surface area (Å²) in [5.74, 6) is -1.54. The summed E-state index contributed by atoms with van der Waals surface area (Å²) in [7, 11) is 0. The fourth-order valence-electron chi connectivity index (χ4n) is 2.59. The van der Waals surface area contributed by atoms with E-state index in [1.165, 1.54) is 31.4 Å². The average molecular weight is 268 g/mol. The van der Waals surface area contributed by atoms with E-state index in [0.29, 0.717) is 12.6 Å². The SMILES string of the molecule is CCN(Cc1ccc(F)c(F)c1)CC1CCCCN1. The van der Waals surface area contributed by atoms with Crippen LogP contribution in [0, 0.1) is 11.6 Å². The third kappa shape index (κ3) is 4.25. The van der Waals surface area contributed by atoms with E-state index in [-0.39, 0.29) is 0 Å². The number of hydrogen-bond acceptors (Lipinski definition) is 2. The molecule has 1 atom stereocenters. The topological polar surface area (TPSA) is 15.3 Å². The predicted molar refractivity (Wildman–Crippen MR) is 73.0 cm³/mol. The first-order chi connectivity index (χ1) is 9.19. The van der Waals surface area contributed by atoms with Gasteiger partial charge in [0.1, 0.15) is 0 Å². The van der Waals surface area contributed by atoms with Crippen molar-refractivity contribution < 1.29 is 8.78 Å². The van der Waals surface area contributed by atoms with Gasteiger partial charge in [-0.2, -0.15) is 0 Å². The number of benzene rings is 1. The molecular formula is C15H22F2N2. The number of likely N-dealkylation sites (N-methyl/N-ethyl adjacent to an activating group) is 1. The molecule has 106 valence electrons. The number of piperidine rings is 1. The molecule has 1 aromatic carbocycles. The summed E-state index contributed by atoms with van der Waals surface area (Å²) in [5, 5.41) is 3.51. The van der Waals surface area contributed by atoms with E-state index in [1.807, 2.05) is 0 Å². The van der Waals surface area contributed by atoms with E-state index < -0.39 is 11.6 Å². The smallest absolute Gasteiger partial charge is 0.159 e. The van der Waals surface area contributed by atoms with Gasteiger partial charge in [0, 0.05) is 19.1 Å². The molecule has 1 N–H and O–H groups in total. The molecule has 0 aromatic heterocycles. The van der Waals surface area contributed by atoms with Gasteiger partial charge in [0.15, 0.2) is 11.6 Å². The standard InChI is InChI=1S/C15H22F2N2/c1-2-19(11-13-5-3-4-8-18-13)10-12-6-7-14(16)15(17)9-12/h6-7,9,13,18H,2-5,8,10-11H2,1H3. The first-order valence-corrected chi connectivity index (χ1v) is 7.08. The zero-order valence-corrected chi connectivity index (χ0v) is 11.5. The number of nitrogens with one attached hydrogen (secondary N) is 1. The van der Waals surface area contributed by atoms with Crippen LogP contribution in [0.5, 0.6) is 0 Å². The molecule has 0 radical (unpaired) electrons. The van der Waals surface area contributed by atoms with Crippen molar-refractivity contribution in [2.24, 2.45) is 0 Å². The minimum Gasteiger partial charge on any atom is -0.313 e. The maximum atomic E-state index is 13.2. The summed E-state index contributed by atoms with van der Waals surface area (Å²) in [5.41, 5.74) is 0.830. The number of rotatable bonds is 5. The lowest BCUT2D eigenvalue weighted by atomic mass is 10.0. The lowest BCUT2D eigenvalue weighted by molar-refractivity contribution is 0.226. The van der Waals surface area contributed by atoms with E-state index in [2.05, 4.69) is 17.1 Å². The van der Waals surface area contributed by atoms with E-state index in [9.17, 15) is 8.78 Å². The van der Waals surface area contributed by atoms with Gasteiger partial charge in [-0.3, -0.25) is 4.90 Å². The van der Waals surface area contributed by atoms with Crippen molar-refractivity contribution in [3.63, 3.8) is 0 Å². The molecule has 1 saturated heterocycles. The van der Waals surface area contributed by atoms with E-state index >= 15 is 0 Å². The van der Waals surface area contributed by atoms with Gasteiger partial charge in [-0.1, -0.05) is 19.4 Å². The van der Waals surface area contributed by atoms with Crippen LogP contribution in [0.1, 0.15) is 31.7 Å². The highest BCUT2D eigenvalue weighted by molar-refractivity contribution is 5.17. The van der Waals surface area contributed by atoms with Crippen LogP contribution in [-0.4, -0.2) is 30.6 Å². The molecule has 2 nitrogen and oxygen atoms in total. The first kappa shape index (κ1) is 14.4. The van der Waals surface area contributed by atoms with Crippen molar-refractivity contribution in [2.75, 3.05) is 19.6 Å². The lowest BCUT2D eigenvalue weighted by Crippen LogP contribution is -2.43. The maximum absolute atomic E-state index is 13.2. The van der Waals surface area contributed by atoms with Crippen LogP contribution < -0.4 is 5.32 Å². The van der Waals surface area contributed by atoms with Crippen molar-refractivity contribution in [3.8, 4) is 0 Å². The largest absolute Gasteiger partial charge is 0.313 e. The van der Waals surface area contributed by atoms with Gasteiger partial charge in [0.25, 0.3) is 0 Å². The monoisotopic (exact) mass is 268 g/mol. The second-order valence-corrected chi connectivity index (χ2v) is 5.22. The maximum Gasteiger partial charge on any atom is 0.159 e. The Morgan fingerprint density at radius 3 is 2.74 bits per heavy atom.